The molecule has 2 N–H and O–H groups in total. The van der Waals surface area contributed by atoms with Crippen LogP contribution in [0.1, 0.15) is 32.3 Å². The quantitative estimate of drug-likeness (QED) is 0.784. The Morgan fingerprint density at radius 1 is 1.30 bits per heavy atom. The van der Waals surface area contributed by atoms with Crippen LogP contribution in [0.15, 0.2) is 30.3 Å². The molecule has 0 aromatic heterocycles. The van der Waals surface area contributed by atoms with Gasteiger partial charge >= 0.3 is 0 Å². The lowest BCUT2D eigenvalue weighted by Gasteiger charge is -2.24. The normalized spacial score (nSPS) is 18.6. The first kappa shape index (κ1) is 22.2. The maximum Gasteiger partial charge on any atom is 0.237 e. The smallest absolute Gasteiger partial charge is 0.237 e. The minimum Gasteiger partial charge on any atom is -0.353 e. The molecule has 0 spiro atoms. The van der Waals surface area contributed by atoms with E-state index in [-0.39, 0.29) is 36.8 Å². The van der Waals surface area contributed by atoms with Gasteiger partial charge in [-0.05, 0) is 38.4 Å². The summed E-state index contributed by atoms with van der Waals surface area (Å²) in [5.41, 5.74) is 1.28. The number of amides is 1. The lowest BCUT2D eigenvalue weighted by atomic mass is 10.1. The van der Waals surface area contributed by atoms with Crippen LogP contribution >= 0.6 is 24.8 Å². The number of rotatable bonds is 7. The minimum absolute atomic E-state index is 0. The maximum absolute atomic E-state index is 12.4. The summed E-state index contributed by atoms with van der Waals surface area (Å²) in [7, 11) is 0. The van der Waals surface area contributed by atoms with Gasteiger partial charge in [0.25, 0.3) is 0 Å². The third kappa shape index (κ3) is 7.08. The van der Waals surface area contributed by atoms with Gasteiger partial charge in [-0.2, -0.15) is 0 Å². The van der Waals surface area contributed by atoms with Crippen molar-refractivity contribution >= 4 is 30.7 Å². The van der Waals surface area contributed by atoms with Crippen LogP contribution in [-0.4, -0.2) is 42.5 Å². The maximum atomic E-state index is 12.4. The zero-order valence-electron chi connectivity index (χ0n) is 14.0. The van der Waals surface area contributed by atoms with Gasteiger partial charge in [0.1, 0.15) is 0 Å². The van der Waals surface area contributed by atoms with E-state index in [0.717, 1.165) is 32.5 Å². The van der Waals surface area contributed by atoms with E-state index in [1.807, 2.05) is 6.07 Å². The lowest BCUT2D eigenvalue weighted by molar-refractivity contribution is -0.125. The predicted octanol–water partition coefficient (Wildman–Crippen LogP) is 2.61. The summed E-state index contributed by atoms with van der Waals surface area (Å²) < 4.78 is 0. The van der Waals surface area contributed by atoms with Gasteiger partial charge in [0.05, 0.1) is 6.04 Å². The van der Waals surface area contributed by atoms with Crippen molar-refractivity contribution in [3.8, 4) is 0 Å². The van der Waals surface area contributed by atoms with E-state index in [2.05, 4.69) is 53.6 Å². The van der Waals surface area contributed by atoms with E-state index < -0.39 is 0 Å². The highest BCUT2D eigenvalue weighted by Gasteiger charge is 2.30. The topological polar surface area (TPSA) is 44.4 Å². The van der Waals surface area contributed by atoms with E-state index in [0.29, 0.717) is 12.6 Å². The van der Waals surface area contributed by atoms with Crippen molar-refractivity contribution in [1.82, 2.24) is 15.5 Å². The number of hydrogen-bond acceptors (Lipinski definition) is 3. The van der Waals surface area contributed by atoms with Crippen molar-refractivity contribution in [3.63, 3.8) is 0 Å². The molecule has 23 heavy (non-hydrogen) atoms. The van der Waals surface area contributed by atoms with E-state index in [9.17, 15) is 4.79 Å². The molecular weight excluding hydrogens is 333 g/mol. The Morgan fingerprint density at radius 2 is 2.00 bits per heavy atom. The van der Waals surface area contributed by atoms with Crippen molar-refractivity contribution in [3.05, 3.63) is 35.9 Å². The summed E-state index contributed by atoms with van der Waals surface area (Å²) in [5, 5.41) is 6.40. The summed E-state index contributed by atoms with van der Waals surface area (Å²) in [4.78, 5) is 14.7. The van der Waals surface area contributed by atoms with Crippen molar-refractivity contribution < 1.29 is 4.79 Å². The van der Waals surface area contributed by atoms with Crippen molar-refractivity contribution in [2.24, 2.45) is 0 Å². The van der Waals surface area contributed by atoms with Gasteiger partial charge in [-0.25, -0.2) is 0 Å². The summed E-state index contributed by atoms with van der Waals surface area (Å²) in [6.45, 7) is 7.68. The van der Waals surface area contributed by atoms with Crippen LogP contribution in [0, 0.1) is 0 Å². The number of nitrogens with one attached hydrogen (secondary N) is 2. The third-order valence-electron chi connectivity index (χ3n) is 4.03. The zero-order chi connectivity index (χ0) is 15.1. The van der Waals surface area contributed by atoms with Crippen LogP contribution in [0.5, 0.6) is 0 Å². The van der Waals surface area contributed by atoms with Gasteiger partial charge in [-0.3, -0.25) is 9.69 Å². The molecule has 2 rings (SSSR count). The van der Waals surface area contributed by atoms with Crippen LogP contribution in [0.25, 0.3) is 0 Å². The first-order chi connectivity index (χ1) is 10.2. The standard InChI is InChI=1S/C17H27N3O.2ClH/c1-3-18-14(2)12-19-17(21)16-10-7-11-20(16)13-15-8-5-4-6-9-15;;/h4-6,8-9,14,16,18H,3,7,10-13H2,1-2H3,(H,19,21);2*1H/t14-,16?;;/m1../s1. The number of likely N-dealkylation sites (N-methyl/N-ethyl adjacent to an activating group) is 1. The Bertz CT molecular complexity index is 445. The molecule has 2 atom stereocenters. The van der Waals surface area contributed by atoms with Crippen LogP contribution in [0.3, 0.4) is 0 Å². The minimum atomic E-state index is 0. The molecule has 4 nitrogen and oxygen atoms in total. The molecule has 1 saturated heterocycles. The average Bonchev–Trinajstić information content (AvgIpc) is 2.94. The molecule has 0 aliphatic carbocycles. The van der Waals surface area contributed by atoms with Gasteiger partial charge in [-0.1, -0.05) is 37.3 Å². The summed E-state index contributed by atoms with van der Waals surface area (Å²) in [5.74, 6) is 0.174. The van der Waals surface area contributed by atoms with Crippen LogP contribution in [0.4, 0.5) is 0 Å². The second-order valence-corrected chi connectivity index (χ2v) is 5.82. The zero-order valence-corrected chi connectivity index (χ0v) is 15.6. The molecular formula is C17H29Cl2N3O. The second-order valence-electron chi connectivity index (χ2n) is 5.82. The Kier molecular flexibility index (Phi) is 11.3. The number of likely N-dealkylation sites (tertiary alicyclic amines) is 1. The number of nitrogens with zero attached hydrogens (tertiary/aromatic N) is 1. The van der Waals surface area contributed by atoms with E-state index in [4.69, 9.17) is 0 Å². The first-order valence-electron chi connectivity index (χ1n) is 7.99. The Hall–Kier alpha value is -0.810. The van der Waals surface area contributed by atoms with Gasteiger partial charge in [0, 0.05) is 19.1 Å². The molecule has 1 unspecified atom stereocenters. The molecule has 1 aliphatic rings. The largest absolute Gasteiger partial charge is 0.353 e. The number of halogens is 2. The monoisotopic (exact) mass is 361 g/mol. The molecule has 1 aliphatic heterocycles. The van der Waals surface area contributed by atoms with E-state index in [1.54, 1.807) is 0 Å². The second kappa shape index (κ2) is 11.7. The SMILES string of the molecule is CCN[C@H](C)CNC(=O)C1CCCN1Cc1ccccc1.Cl.Cl. The Morgan fingerprint density at radius 3 is 2.65 bits per heavy atom. The highest BCUT2D eigenvalue weighted by molar-refractivity contribution is 5.85. The lowest BCUT2D eigenvalue weighted by Crippen LogP contribution is -2.46. The fourth-order valence-electron chi connectivity index (χ4n) is 2.92. The fourth-order valence-corrected chi connectivity index (χ4v) is 2.92. The Balaban J connectivity index is 0.00000242. The molecule has 6 heteroatoms. The molecule has 132 valence electrons. The molecule has 1 heterocycles. The third-order valence-corrected chi connectivity index (χ3v) is 4.03. The number of carbonyl (C=O) groups is 1. The summed E-state index contributed by atoms with van der Waals surface area (Å²) in [6, 6.07) is 10.7. The highest BCUT2D eigenvalue weighted by Crippen LogP contribution is 2.20. The van der Waals surface area contributed by atoms with Crippen LogP contribution in [-0.2, 0) is 11.3 Å². The van der Waals surface area contributed by atoms with Gasteiger partial charge < -0.3 is 10.6 Å². The molecule has 1 fully saturated rings. The molecule has 0 bridgehead atoms. The predicted molar refractivity (Wildman–Crippen MR) is 101 cm³/mol. The number of hydrogen-bond donors (Lipinski definition) is 2. The number of benzene rings is 1. The highest BCUT2D eigenvalue weighted by atomic mass is 35.5. The molecule has 1 aromatic rings. The van der Waals surface area contributed by atoms with Gasteiger partial charge in [0.15, 0.2) is 0 Å². The molecule has 0 saturated carbocycles. The molecule has 0 radical (unpaired) electrons. The van der Waals surface area contributed by atoms with Gasteiger partial charge in [-0.15, -0.1) is 24.8 Å². The number of carbonyl (C=O) groups excluding carboxylic acids is 1. The van der Waals surface area contributed by atoms with Crippen molar-refractivity contribution in [2.75, 3.05) is 19.6 Å². The van der Waals surface area contributed by atoms with E-state index in [1.165, 1.54) is 5.56 Å². The average molecular weight is 362 g/mol. The van der Waals surface area contributed by atoms with Crippen LogP contribution in [0.2, 0.25) is 0 Å². The van der Waals surface area contributed by atoms with Crippen LogP contribution < -0.4 is 10.6 Å². The molecule has 1 amide bonds. The summed E-state index contributed by atoms with van der Waals surface area (Å²) in [6.07, 6.45) is 2.07. The van der Waals surface area contributed by atoms with Gasteiger partial charge in [0.2, 0.25) is 5.91 Å². The first-order valence-corrected chi connectivity index (χ1v) is 7.99. The van der Waals surface area contributed by atoms with E-state index >= 15 is 0 Å². The fraction of sp³-hybridized carbons (Fsp3) is 0.588. The Labute approximate surface area is 152 Å². The summed E-state index contributed by atoms with van der Waals surface area (Å²) >= 11 is 0. The van der Waals surface area contributed by atoms with Crippen molar-refractivity contribution in [1.29, 1.82) is 0 Å². The van der Waals surface area contributed by atoms with Crippen molar-refractivity contribution in [2.45, 2.75) is 45.3 Å². The molecule has 1 aromatic carbocycles.